The number of carbonyl (C=O) groups excluding carboxylic acids is 1. The van der Waals surface area contributed by atoms with Crippen LogP contribution < -0.4 is 5.32 Å². The van der Waals surface area contributed by atoms with Gasteiger partial charge in [-0.1, -0.05) is 6.92 Å². The number of imidazole rings is 1. The van der Waals surface area contributed by atoms with Crippen LogP contribution in [0.25, 0.3) is 0 Å². The van der Waals surface area contributed by atoms with Gasteiger partial charge in [0.25, 0.3) is 0 Å². The van der Waals surface area contributed by atoms with Crippen molar-refractivity contribution >= 4 is 5.97 Å². The molecule has 0 atom stereocenters. The molecule has 0 aliphatic carbocycles. The summed E-state index contributed by atoms with van der Waals surface area (Å²) in [5.41, 5.74) is 0. The first-order valence-electron chi connectivity index (χ1n) is 5.64. The van der Waals surface area contributed by atoms with E-state index in [9.17, 15) is 4.79 Å². The summed E-state index contributed by atoms with van der Waals surface area (Å²) in [7, 11) is 0. The first-order valence-corrected chi connectivity index (χ1v) is 5.64. The van der Waals surface area contributed by atoms with Crippen molar-refractivity contribution in [2.75, 3.05) is 13.2 Å². The van der Waals surface area contributed by atoms with Crippen molar-refractivity contribution < 1.29 is 9.53 Å². The van der Waals surface area contributed by atoms with E-state index < -0.39 is 0 Å². The Morgan fingerprint density at radius 3 is 3.06 bits per heavy atom. The van der Waals surface area contributed by atoms with E-state index in [1.54, 1.807) is 23.9 Å². The molecule has 0 fully saturated rings. The number of ether oxygens (including phenoxy) is 1. The maximum Gasteiger partial charge on any atom is 0.325 e. The molecule has 0 aromatic carbocycles. The SMILES string of the molecule is CCCNCc1nccn1CC(=O)OCC. The van der Waals surface area contributed by atoms with E-state index in [-0.39, 0.29) is 12.5 Å². The van der Waals surface area contributed by atoms with Crippen LogP contribution in [0.5, 0.6) is 0 Å². The van der Waals surface area contributed by atoms with E-state index in [4.69, 9.17) is 4.74 Å². The number of hydrogen-bond donors (Lipinski definition) is 1. The molecular weight excluding hydrogens is 206 g/mol. The summed E-state index contributed by atoms with van der Waals surface area (Å²) in [5, 5.41) is 3.25. The van der Waals surface area contributed by atoms with Gasteiger partial charge in [-0.15, -0.1) is 0 Å². The zero-order valence-electron chi connectivity index (χ0n) is 9.90. The lowest BCUT2D eigenvalue weighted by Gasteiger charge is -2.07. The van der Waals surface area contributed by atoms with Crippen molar-refractivity contribution in [3.8, 4) is 0 Å². The van der Waals surface area contributed by atoms with Crippen LogP contribution in [0.1, 0.15) is 26.1 Å². The van der Waals surface area contributed by atoms with Crippen LogP contribution in [-0.2, 0) is 22.6 Å². The molecule has 0 bridgehead atoms. The first kappa shape index (κ1) is 12.7. The smallest absolute Gasteiger partial charge is 0.325 e. The van der Waals surface area contributed by atoms with Gasteiger partial charge < -0.3 is 14.6 Å². The van der Waals surface area contributed by atoms with Crippen molar-refractivity contribution in [2.45, 2.75) is 33.4 Å². The Hall–Kier alpha value is -1.36. The van der Waals surface area contributed by atoms with Crippen molar-refractivity contribution in [1.82, 2.24) is 14.9 Å². The Morgan fingerprint density at radius 2 is 2.38 bits per heavy atom. The van der Waals surface area contributed by atoms with Crippen LogP contribution in [0, 0.1) is 0 Å². The quantitative estimate of drug-likeness (QED) is 0.554. The largest absolute Gasteiger partial charge is 0.465 e. The molecule has 5 nitrogen and oxygen atoms in total. The van der Waals surface area contributed by atoms with E-state index in [1.807, 2.05) is 0 Å². The molecule has 0 saturated heterocycles. The van der Waals surface area contributed by atoms with Gasteiger partial charge in [0.2, 0.25) is 0 Å². The predicted molar refractivity (Wildman–Crippen MR) is 60.9 cm³/mol. The summed E-state index contributed by atoms with van der Waals surface area (Å²) >= 11 is 0. The number of esters is 1. The van der Waals surface area contributed by atoms with E-state index in [0.29, 0.717) is 13.2 Å². The number of hydrogen-bond acceptors (Lipinski definition) is 4. The minimum atomic E-state index is -0.225. The molecule has 0 aliphatic rings. The second-order valence-corrected chi connectivity index (χ2v) is 3.45. The van der Waals surface area contributed by atoms with E-state index in [2.05, 4.69) is 17.2 Å². The van der Waals surface area contributed by atoms with Crippen molar-refractivity contribution in [2.24, 2.45) is 0 Å². The van der Waals surface area contributed by atoms with Gasteiger partial charge in [0.15, 0.2) is 0 Å². The zero-order chi connectivity index (χ0) is 11.8. The third-order valence-electron chi connectivity index (χ3n) is 2.12. The van der Waals surface area contributed by atoms with Gasteiger partial charge >= 0.3 is 5.97 Å². The molecule has 1 rings (SSSR count). The minimum absolute atomic E-state index is 0.225. The molecule has 0 spiro atoms. The highest BCUT2D eigenvalue weighted by Crippen LogP contribution is 1.98. The standard InChI is InChI=1S/C11H19N3O2/c1-3-5-12-8-10-13-6-7-14(10)9-11(15)16-4-2/h6-7,12H,3-5,8-9H2,1-2H3. The van der Waals surface area contributed by atoms with Crippen LogP contribution in [0.4, 0.5) is 0 Å². The summed E-state index contributed by atoms with van der Waals surface area (Å²) in [6, 6.07) is 0. The third kappa shape index (κ3) is 4.02. The highest BCUT2D eigenvalue weighted by molar-refractivity contribution is 5.69. The zero-order valence-corrected chi connectivity index (χ0v) is 9.90. The molecule has 0 saturated carbocycles. The number of nitrogens with one attached hydrogen (secondary N) is 1. The Morgan fingerprint density at radius 1 is 1.56 bits per heavy atom. The molecule has 1 heterocycles. The molecule has 16 heavy (non-hydrogen) atoms. The van der Waals surface area contributed by atoms with Gasteiger partial charge in [-0.3, -0.25) is 4.79 Å². The summed E-state index contributed by atoms with van der Waals surface area (Å²) in [4.78, 5) is 15.5. The summed E-state index contributed by atoms with van der Waals surface area (Å²) < 4.78 is 6.69. The van der Waals surface area contributed by atoms with Crippen LogP contribution in [0.15, 0.2) is 12.4 Å². The molecule has 1 aromatic rings. The first-order chi connectivity index (χ1) is 7.77. The normalized spacial score (nSPS) is 10.4. The molecule has 0 unspecified atom stereocenters. The molecule has 1 N–H and O–H groups in total. The lowest BCUT2D eigenvalue weighted by molar-refractivity contribution is -0.143. The predicted octanol–water partition coefficient (Wildman–Crippen LogP) is 0.946. The fourth-order valence-corrected chi connectivity index (χ4v) is 1.37. The number of carbonyl (C=O) groups is 1. The van der Waals surface area contributed by atoms with Gasteiger partial charge in [-0.2, -0.15) is 0 Å². The Labute approximate surface area is 95.8 Å². The van der Waals surface area contributed by atoms with Crippen LogP contribution in [0.3, 0.4) is 0 Å². The van der Waals surface area contributed by atoms with Gasteiger partial charge in [0.1, 0.15) is 12.4 Å². The monoisotopic (exact) mass is 225 g/mol. The third-order valence-corrected chi connectivity index (χ3v) is 2.12. The van der Waals surface area contributed by atoms with Crippen molar-refractivity contribution in [3.05, 3.63) is 18.2 Å². The molecule has 5 heteroatoms. The number of nitrogens with zero attached hydrogens (tertiary/aromatic N) is 2. The second kappa shape index (κ2) is 7.00. The van der Waals surface area contributed by atoms with E-state index in [1.165, 1.54) is 0 Å². The summed E-state index contributed by atoms with van der Waals surface area (Å²) in [5.74, 6) is 0.638. The molecular formula is C11H19N3O2. The minimum Gasteiger partial charge on any atom is -0.465 e. The number of aromatic nitrogens is 2. The molecule has 0 radical (unpaired) electrons. The molecule has 0 aliphatic heterocycles. The van der Waals surface area contributed by atoms with Gasteiger partial charge in [-0.25, -0.2) is 4.98 Å². The maximum atomic E-state index is 11.3. The lowest BCUT2D eigenvalue weighted by Crippen LogP contribution is -2.20. The highest BCUT2D eigenvalue weighted by Gasteiger charge is 2.07. The fourth-order valence-electron chi connectivity index (χ4n) is 1.37. The molecule has 0 amide bonds. The molecule has 90 valence electrons. The van der Waals surface area contributed by atoms with Crippen molar-refractivity contribution in [3.63, 3.8) is 0 Å². The topological polar surface area (TPSA) is 56.2 Å². The van der Waals surface area contributed by atoms with Gasteiger partial charge in [0, 0.05) is 12.4 Å². The van der Waals surface area contributed by atoms with Crippen LogP contribution in [0.2, 0.25) is 0 Å². The van der Waals surface area contributed by atoms with Gasteiger partial charge in [-0.05, 0) is 19.9 Å². The van der Waals surface area contributed by atoms with Crippen LogP contribution >= 0.6 is 0 Å². The Kier molecular flexibility index (Phi) is 5.56. The molecule has 1 aromatic heterocycles. The average molecular weight is 225 g/mol. The second-order valence-electron chi connectivity index (χ2n) is 3.45. The highest BCUT2D eigenvalue weighted by atomic mass is 16.5. The summed E-state index contributed by atoms with van der Waals surface area (Å²) in [6.07, 6.45) is 4.57. The van der Waals surface area contributed by atoms with Crippen molar-refractivity contribution in [1.29, 1.82) is 0 Å². The Balaban J connectivity index is 2.46. The van der Waals surface area contributed by atoms with E-state index >= 15 is 0 Å². The number of rotatable bonds is 7. The average Bonchev–Trinajstić information content (AvgIpc) is 2.66. The Bertz CT molecular complexity index is 323. The van der Waals surface area contributed by atoms with Gasteiger partial charge in [0.05, 0.1) is 13.2 Å². The lowest BCUT2D eigenvalue weighted by atomic mass is 10.4. The fraction of sp³-hybridized carbons (Fsp3) is 0.636. The van der Waals surface area contributed by atoms with Crippen LogP contribution in [-0.4, -0.2) is 28.7 Å². The van der Waals surface area contributed by atoms with E-state index in [0.717, 1.165) is 18.8 Å². The summed E-state index contributed by atoms with van der Waals surface area (Å²) in [6.45, 7) is 6.19. The maximum absolute atomic E-state index is 11.3.